The summed E-state index contributed by atoms with van der Waals surface area (Å²) in [5, 5.41) is 2.61. The van der Waals surface area contributed by atoms with Crippen LogP contribution in [0.3, 0.4) is 0 Å². The van der Waals surface area contributed by atoms with Gasteiger partial charge in [-0.25, -0.2) is 9.18 Å². The minimum Gasteiger partial charge on any atom is -0.398 e. The van der Waals surface area contributed by atoms with Gasteiger partial charge >= 0.3 is 6.03 Å². The second-order valence-electron chi connectivity index (χ2n) is 5.04. The number of thioether (sulfide) groups is 1. The van der Waals surface area contributed by atoms with E-state index in [-0.39, 0.29) is 24.3 Å². The van der Waals surface area contributed by atoms with Gasteiger partial charge in [-0.1, -0.05) is 0 Å². The number of nitrogens with one attached hydrogen (secondary N) is 1. The number of rotatable bonds is 4. The van der Waals surface area contributed by atoms with Gasteiger partial charge in [0, 0.05) is 22.9 Å². The van der Waals surface area contributed by atoms with Crippen LogP contribution in [0.2, 0.25) is 0 Å². The van der Waals surface area contributed by atoms with Gasteiger partial charge in [-0.2, -0.15) is 0 Å². The van der Waals surface area contributed by atoms with Gasteiger partial charge in [-0.15, -0.1) is 11.8 Å². The predicted molar refractivity (Wildman–Crippen MR) is 75.9 cm³/mol. The van der Waals surface area contributed by atoms with Gasteiger partial charge in [-0.05, 0) is 32.0 Å². The van der Waals surface area contributed by atoms with Gasteiger partial charge in [0.15, 0.2) is 0 Å². The van der Waals surface area contributed by atoms with Crippen molar-refractivity contribution in [1.82, 2.24) is 10.2 Å². The minimum absolute atomic E-state index is 0.241. The van der Waals surface area contributed by atoms with Gasteiger partial charge in [0.2, 0.25) is 0 Å². The molecule has 3 amide bonds. The van der Waals surface area contributed by atoms with Crippen molar-refractivity contribution in [3.8, 4) is 0 Å². The molecule has 108 valence electrons. The number of nitrogens with zero attached hydrogens (tertiary/aromatic N) is 1. The van der Waals surface area contributed by atoms with Crippen molar-refractivity contribution in [2.45, 2.75) is 24.3 Å². The Morgan fingerprint density at radius 2 is 2.10 bits per heavy atom. The fraction of sp³-hybridized carbons (Fsp3) is 0.385. The molecular weight excluding hydrogens is 281 g/mol. The van der Waals surface area contributed by atoms with Crippen LogP contribution in [0.4, 0.5) is 14.9 Å². The maximum Gasteiger partial charge on any atom is 0.325 e. The van der Waals surface area contributed by atoms with Crippen molar-refractivity contribution in [2.24, 2.45) is 0 Å². The number of carbonyl (C=O) groups excluding carboxylic acids is 2. The number of amides is 3. The van der Waals surface area contributed by atoms with Gasteiger partial charge < -0.3 is 11.1 Å². The highest BCUT2D eigenvalue weighted by molar-refractivity contribution is 7.99. The highest BCUT2D eigenvalue weighted by Crippen LogP contribution is 2.26. The zero-order valence-electron chi connectivity index (χ0n) is 11.3. The Labute approximate surface area is 120 Å². The third-order valence-electron chi connectivity index (χ3n) is 2.99. The van der Waals surface area contributed by atoms with Crippen molar-refractivity contribution in [3.05, 3.63) is 24.0 Å². The van der Waals surface area contributed by atoms with E-state index in [2.05, 4.69) is 5.32 Å². The summed E-state index contributed by atoms with van der Waals surface area (Å²) in [5.74, 6) is -0.122. The molecule has 1 aliphatic rings. The largest absolute Gasteiger partial charge is 0.398 e. The lowest BCUT2D eigenvalue weighted by Gasteiger charge is -2.15. The van der Waals surface area contributed by atoms with E-state index in [0.717, 1.165) is 4.90 Å². The molecule has 7 heteroatoms. The van der Waals surface area contributed by atoms with E-state index >= 15 is 0 Å². The standard InChI is InChI=1S/C13H16FN3O2S/c1-13(2)11(18)17(12(19)16-13)5-6-20-10-4-3-8(14)7-9(10)15/h3-4,7H,5-6,15H2,1-2H3,(H,16,19). The minimum atomic E-state index is -0.851. The normalized spacial score (nSPS) is 17.4. The molecule has 0 spiro atoms. The van der Waals surface area contributed by atoms with Gasteiger partial charge in [-0.3, -0.25) is 9.69 Å². The molecule has 0 aliphatic carbocycles. The summed E-state index contributed by atoms with van der Waals surface area (Å²) in [6.07, 6.45) is 0. The Morgan fingerprint density at radius 1 is 1.40 bits per heavy atom. The molecule has 5 nitrogen and oxygen atoms in total. The molecule has 1 aromatic carbocycles. The molecular formula is C13H16FN3O2S. The first-order valence-electron chi connectivity index (χ1n) is 6.13. The quantitative estimate of drug-likeness (QED) is 0.505. The maximum absolute atomic E-state index is 12.9. The molecule has 0 radical (unpaired) electrons. The van der Waals surface area contributed by atoms with Crippen LogP contribution in [-0.4, -0.2) is 34.7 Å². The van der Waals surface area contributed by atoms with Crippen molar-refractivity contribution in [3.63, 3.8) is 0 Å². The molecule has 1 fully saturated rings. The Balaban J connectivity index is 1.93. The van der Waals surface area contributed by atoms with Crippen LogP contribution in [0.5, 0.6) is 0 Å². The van der Waals surface area contributed by atoms with Gasteiger partial charge in [0.25, 0.3) is 5.91 Å². The van der Waals surface area contributed by atoms with Crippen LogP contribution in [0, 0.1) is 5.82 Å². The fourth-order valence-electron chi connectivity index (χ4n) is 1.92. The van der Waals surface area contributed by atoms with Gasteiger partial charge in [0.05, 0.1) is 0 Å². The molecule has 1 heterocycles. The molecule has 0 bridgehead atoms. The first kappa shape index (κ1) is 14.6. The third kappa shape index (κ3) is 2.87. The van der Waals surface area contributed by atoms with Crippen LogP contribution in [0.25, 0.3) is 0 Å². The lowest BCUT2D eigenvalue weighted by atomic mass is 10.1. The zero-order valence-corrected chi connectivity index (χ0v) is 12.1. The van der Waals surface area contributed by atoms with Crippen LogP contribution in [0.1, 0.15) is 13.8 Å². The Hall–Kier alpha value is -1.76. The number of imide groups is 1. The lowest BCUT2D eigenvalue weighted by molar-refractivity contribution is -0.130. The number of carbonyl (C=O) groups is 2. The number of anilines is 1. The highest BCUT2D eigenvalue weighted by Gasteiger charge is 2.43. The molecule has 0 saturated carbocycles. The molecule has 1 saturated heterocycles. The number of hydrogen-bond acceptors (Lipinski definition) is 4. The van der Waals surface area contributed by atoms with Crippen LogP contribution in [0.15, 0.2) is 23.1 Å². The molecule has 2 rings (SSSR count). The van der Waals surface area contributed by atoms with E-state index < -0.39 is 5.54 Å². The summed E-state index contributed by atoms with van der Waals surface area (Å²) < 4.78 is 12.9. The van der Waals surface area contributed by atoms with Crippen molar-refractivity contribution >= 4 is 29.4 Å². The molecule has 3 N–H and O–H groups in total. The second kappa shape index (κ2) is 5.32. The van der Waals surface area contributed by atoms with Crippen LogP contribution in [-0.2, 0) is 4.79 Å². The van der Waals surface area contributed by atoms with Gasteiger partial charge in [0.1, 0.15) is 11.4 Å². The third-order valence-corrected chi connectivity index (χ3v) is 4.06. The first-order chi connectivity index (χ1) is 9.31. The maximum atomic E-state index is 12.9. The van der Waals surface area contributed by atoms with E-state index in [4.69, 9.17) is 5.73 Å². The van der Waals surface area contributed by atoms with Crippen molar-refractivity contribution in [1.29, 1.82) is 0 Å². The summed E-state index contributed by atoms with van der Waals surface area (Å²) in [5.41, 5.74) is 5.20. The second-order valence-corrected chi connectivity index (χ2v) is 6.18. The summed E-state index contributed by atoms with van der Waals surface area (Å²) >= 11 is 1.38. The fourth-order valence-corrected chi connectivity index (χ4v) is 2.80. The molecule has 1 aliphatic heterocycles. The molecule has 20 heavy (non-hydrogen) atoms. The molecule has 1 aromatic rings. The zero-order chi connectivity index (χ0) is 14.9. The van der Waals surface area contributed by atoms with E-state index in [1.807, 2.05) is 0 Å². The van der Waals surface area contributed by atoms with E-state index in [0.29, 0.717) is 11.4 Å². The van der Waals surface area contributed by atoms with Crippen LogP contribution >= 0.6 is 11.8 Å². The number of benzene rings is 1. The Bertz CT molecular complexity index is 563. The van der Waals surface area contributed by atoms with E-state index in [9.17, 15) is 14.0 Å². The van der Waals surface area contributed by atoms with Crippen molar-refractivity contribution < 1.29 is 14.0 Å². The number of urea groups is 1. The summed E-state index contributed by atoms with van der Waals surface area (Å²) in [7, 11) is 0. The van der Waals surface area contributed by atoms with E-state index in [1.54, 1.807) is 19.9 Å². The lowest BCUT2D eigenvalue weighted by Crippen LogP contribution is -2.40. The molecule has 0 aromatic heterocycles. The monoisotopic (exact) mass is 297 g/mol. The summed E-state index contributed by atoms with van der Waals surface area (Å²) in [6, 6.07) is 3.78. The predicted octanol–water partition coefficient (Wildman–Crippen LogP) is 1.83. The molecule has 0 atom stereocenters. The smallest absolute Gasteiger partial charge is 0.325 e. The summed E-state index contributed by atoms with van der Waals surface area (Å²) in [6.45, 7) is 3.62. The van der Waals surface area contributed by atoms with Crippen LogP contribution < -0.4 is 11.1 Å². The average Bonchev–Trinajstić information content (AvgIpc) is 2.53. The average molecular weight is 297 g/mol. The molecule has 0 unspecified atom stereocenters. The Kier molecular flexibility index (Phi) is 3.89. The number of halogens is 1. The topological polar surface area (TPSA) is 75.4 Å². The number of nitrogens with two attached hydrogens (primary N) is 1. The Morgan fingerprint density at radius 3 is 2.65 bits per heavy atom. The number of hydrogen-bond donors (Lipinski definition) is 2. The summed E-state index contributed by atoms with van der Waals surface area (Å²) in [4.78, 5) is 25.5. The van der Waals surface area contributed by atoms with Crippen molar-refractivity contribution in [2.75, 3.05) is 18.0 Å². The first-order valence-corrected chi connectivity index (χ1v) is 7.12. The SMILES string of the molecule is CC1(C)NC(=O)N(CCSc2ccc(F)cc2N)C1=O. The van der Waals surface area contributed by atoms with E-state index in [1.165, 1.54) is 28.8 Å². The highest BCUT2D eigenvalue weighted by atomic mass is 32.2. The number of nitrogen functional groups attached to an aromatic ring is 1.